The monoisotopic (exact) mass is 274 g/mol. The fourth-order valence-corrected chi connectivity index (χ4v) is 1.75. The molecule has 3 nitrogen and oxygen atoms in total. The van der Waals surface area contributed by atoms with E-state index < -0.39 is 18.6 Å². The summed E-state index contributed by atoms with van der Waals surface area (Å²) in [7, 11) is 0. The molecule has 0 aliphatic carbocycles. The van der Waals surface area contributed by atoms with E-state index in [0.29, 0.717) is 17.7 Å². The lowest BCUT2D eigenvalue weighted by molar-refractivity contribution is -0.160. The zero-order chi connectivity index (χ0) is 14.5. The molecular formula is C13H17F3N2O. The Kier molecular flexibility index (Phi) is 5.20. The van der Waals surface area contributed by atoms with Crippen molar-refractivity contribution in [3.05, 3.63) is 29.8 Å². The third-order valence-corrected chi connectivity index (χ3v) is 2.61. The number of rotatable bonds is 5. The second-order valence-electron chi connectivity index (χ2n) is 4.31. The smallest absolute Gasteiger partial charge is 0.398 e. The van der Waals surface area contributed by atoms with Gasteiger partial charge in [-0.05, 0) is 18.1 Å². The maximum absolute atomic E-state index is 12.4. The molecule has 1 aromatic carbocycles. The van der Waals surface area contributed by atoms with E-state index in [0.717, 1.165) is 4.90 Å². The summed E-state index contributed by atoms with van der Waals surface area (Å²) in [6, 6.07) is 6.68. The number of hydrogen-bond acceptors (Lipinski definition) is 2. The summed E-state index contributed by atoms with van der Waals surface area (Å²) in [6.45, 7) is 0.602. The van der Waals surface area contributed by atoms with Gasteiger partial charge in [0.25, 0.3) is 0 Å². The van der Waals surface area contributed by atoms with Gasteiger partial charge in [-0.25, -0.2) is 0 Å². The average Bonchev–Trinajstić information content (AvgIpc) is 2.30. The van der Waals surface area contributed by atoms with Crippen LogP contribution in [0.1, 0.15) is 18.9 Å². The van der Waals surface area contributed by atoms with Crippen molar-refractivity contribution in [2.24, 2.45) is 0 Å². The Hall–Kier alpha value is -1.72. The molecule has 0 spiro atoms. The largest absolute Gasteiger partial charge is 0.406 e. The summed E-state index contributed by atoms with van der Waals surface area (Å²) in [4.78, 5) is 12.7. The molecule has 19 heavy (non-hydrogen) atoms. The van der Waals surface area contributed by atoms with Gasteiger partial charge in [-0.3, -0.25) is 4.79 Å². The van der Waals surface area contributed by atoms with E-state index in [9.17, 15) is 18.0 Å². The standard InChI is InChI=1S/C13H17F3N2O/c1-2-7-18(9-13(14,15)16)12(19)8-10-5-3-4-6-11(10)17/h3-6H,2,7-9,17H2,1H3. The average molecular weight is 274 g/mol. The van der Waals surface area contributed by atoms with Crippen molar-refractivity contribution in [2.45, 2.75) is 25.9 Å². The molecule has 1 rings (SSSR count). The van der Waals surface area contributed by atoms with Crippen molar-refractivity contribution in [3.63, 3.8) is 0 Å². The van der Waals surface area contributed by atoms with Gasteiger partial charge in [-0.15, -0.1) is 0 Å². The van der Waals surface area contributed by atoms with E-state index in [4.69, 9.17) is 5.73 Å². The van der Waals surface area contributed by atoms with Crippen molar-refractivity contribution < 1.29 is 18.0 Å². The molecule has 0 saturated heterocycles. The van der Waals surface area contributed by atoms with Crippen LogP contribution < -0.4 is 5.73 Å². The predicted molar refractivity (Wildman–Crippen MR) is 67.5 cm³/mol. The Labute approximate surface area is 110 Å². The summed E-state index contributed by atoms with van der Waals surface area (Å²) >= 11 is 0. The molecule has 1 amide bonds. The van der Waals surface area contributed by atoms with E-state index in [-0.39, 0.29) is 13.0 Å². The number of nitrogens with two attached hydrogens (primary N) is 1. The minimum atomic E-state index is -4.38. The SMILES string of the molecule is CCCN(CC(F)(F)F)C(=O)Cc1ccccc1N. The van der Waals surface area contributed by atoms with Gasteiger partial charge in [-0.2, -0.15) is 13.2 Å². The number of hydrogen-bond donors (Lipinski definition) is 1. The van der Waals surface area contributed by atoms with Crippen molar-refractivity contribution in [3.8, 4) is 0 Å². The molecular weight excluding hydrogens is 257 g/mol. The molecule has 0 aliphatic rings. The first-order chi connectivity index (χ1) is 8.83. The second kappa shape index (κ2) is 6.45. The van der Waals surface area contributed by atoms with Crippen LogP contribution in [0.3, 0.4) is 0 Å². The number of halogens is 3. The van der Waals surface area contributed by atoms with Crippen LogP contribution in [-0.2, 0) is 11.2 Å². The first kappa shape index (κ1) is 15.3. The van der Waals surface area contributed by atoms with Gasteiger partial charge >= 0.3 is 6.18 Å². The quantitative estimate of drug-likeness (QED) is 0.839. The molecule has 0 aromatic heterocycles. The number of benzene rings is 1. The van der Waals surface area contributed by atoms with Gasteiger partial charge in [0.05, 0.1) is 6.42 Å². The number of carbonyl (C=O) groups excluding carboxylic acids is 1. The van der Waals surface area contributed by atoms with Crippen LogP contribution >= 0.6 is 0 Å². The topological polar surface area (TPSA) is 46.3 Å². The van der Waals surface area contributed by atoms with Gasteiger partial charge in [0, 0.05) is 12.2 Å². The normalized spacial score (nSPS) is 11.4. The van der Waals surface area contributed by atoms with Crippen LogP contribution in [0.2, 0.25) is 0 Å². The lowest BCUT2D eigenvalue weighted by atomic mass is 10.1. The lowest BCUT2D eigenvalue weighted by Gasteiger charge is -2.23. The molecule has 0 bridgehead atoms. The van der Waals surface area contributed by atoms with E-state index in [1.54, 1.807) is 31.2 Å². The van der Waals surface area contributed by atoms with Crippen LogP contribution in [0.25, 0.3) is 0 Å². The maximum atomic E-state index is 12.4. The van der Waals surface area contributed by atoms with Gasteiger partial charge in [0.15, 0.2) is 0 Å². The third-order valence-electron chi connectivity index (χ3n) is 2.61. The fraction of sp³-hybridized carbons (Fsp3) is 0.462. The summed E-state index contributed by atoms with van der Waals surface area (Å²) in [5, 5.41) is 0. The molecule has 2 N–H and O–H groups in total. The summed E-state index contributed by atoms with van der Waals surface area (Å²) in [5.41, 5.74) is 6.64. The van der Waals surface area contributed by atoms with Crippen LogP contribution in [0.5, 0.6) is 0 Å². The number of nitrogens with zero attached hydrogens (tertiary/aromatic N) is 1. The van der Waals surface area contributed by atoms with Crippen molar-refractivity contribution in [1.82, 2.24) is 4.90 Å². The molecule has 0 aliphatic heterocycles. The zero-order valence-corrected chi connectivity index (χ0v) is 10.7. The van der Waals surface area contributed by atoms with Gasteiger partial charge in [0.2, 0.25) is 5.91 Å². The van der Waals surface area contributed by atoms with E-state index >= 15 is 0 Å². The highest BCUT2D eigenvalue weighted by atomic mass is 19.4. The zero-order valence-electron chi connectivity index (χ0n) is 10.7. The van der Waals surface area contributed by atoms with E-state index in [1.807, 2.05) is 0 Å². The Bertz CT molecular complexity index is 432. The Balaban J connectivity index is 2.75. The highest BCUT2D eigenvalue weighted by Gasteiger charge is 2.32. The predicted octanol–water partition coefficient (Wildman–Crippen LogP) is 2.61. The summed E-state index contributed by atoms with van der Waals surface area (Å²) in [6.07, 6.45) is -4.01. The Morgan fingerprint density at radius 3 is 2.47 bits per heavy atom. The van der Waals surface area contributed by atoms with E-state index in [2.05, 4.69) is 0 Å². The summed E-state index contributed by atoms with van der Waals surface area (Å²) in [5.74, 6) is -0.558. The number of para-hydroxylation sites is 1. The number of amides is 1. The molecule has 0 atom stereocenters. The first-order valence-electron chi connectivity index (χ1n) is 6.01. The highest BCUT2D eigenvalue weighted by molar-refractivity contribution is 5.80. The molecule has 0 unspecified atom stereocenters. The minimum Gasteiger partial charge on any atom is -0.398 e. The second-order valence-corrected chi connectivity index (χ2v) is 4.31. The minimum absolute atomic E-state index is 0.0884. The number of nitrogen functional groups attached to an aromatic ring is 1. The van der Waals surface area contributed by atoms with Gasteiger partial charge in [0.1, 0.15) is 6.54 Å². The number of anilines is 1. The van der Waals surface area contributed by atoms with Crippen molar-refractivity contribution >= 4 is 11.6 Å². The van der Waals surface area contributed by atoms with Crippen molar-refractivity contribution in [2.75, 3.05) is 18.8 Å². The molecule has 1 aromatic rings. The van der Waals surface area contributed by atoms with Crippen LogP contribution in [-0.4, -0.2) is 30.1 Å². The van der Waals surface area contributed by atoms with Crippen LogP contribution in [0, 0.1) is 0 Å². The lowest BCUT2D eigenvalue weighted by Crippen LogP contribution is -2.40. The molecule has 0 heterocycles. The maximum Gasteiger partial charge on any atom is 0.406 e. The van der Waals surface area contributed by atoms with Crippen LogP contribution in [0.15, 0.2) is 24.3 Å². The molecule has 0 radical (unpaired) electrons. The molecule has 106 valence electrons. The Morgan fingerprint density at radius 2 is 1.95 bits per heavy atom. The van der Waals surface area contributed by atoms with Gasteiger partial charge in [-0.1, -0.05) is 25.1 Å². The molecule has 6 heteroatoms. The number of alkyl halides is 3. The van der Waals surface area contributed by atoms with Gasteiger partial charge < -0.3 is 10.6 Å². The van der Waals surface area contributed by atoms with E-state index in [1.165, 1.54) is 0 Å². The van der Waals surface area contributed by atoms with Crippen molar-refractivity contribution in [1.29, 1.82) is 0 Å². The third kappa shape index (κ3) is 5.19. The Morgan fingerprint density at radius 1 is 1.32 bits per heavy atom. The van der Waals surface area contributed by atoms with Crippen LogP contribution in [0.4, 0.5) is 18.9 Å². The molecule has 0 fully saturated rings. The summed E-state index contributed by atoms with van der Waals surface area (Å²) < 4.78 is 37.2. The fourth-order valence-electron chi connectivity index (χ4n) is 1.75. The number of carbonyl (C=O) groups is 1. The first-order valence-corrected chi connectivity index (χ1v) is 6.01. The highest BCUT2D eigenvalue weighted by Crippen LogP contribution is 2.18. The molecule has 0 saturated carbocycles.